The van der Waals surface area contributed by atoms with Gasteiger partial charge in [-0.2, -0.15) is 9.19 Å². The number of hydrogen-bond donors (Lipinski definition) is 0. The van der Waals surface area contributed by atoms with Crippen molar-refractivity contribution in [3.63, 3.8) is 0 Å². The van der Waals surface area contributed by atoms with Crippen molar-refractivity contribution in [2.75, 3.05) is 31.1 Å². The molecule has 3 heterocycles. The monoisotopic (exact) mass is 508 g/mol. The maximum absolute atomic E-state index is 13.4. The predicted octanol–water partition coefficient (Wildman–Crippen LogP) is 3.16. The van der Waals surface area contributed by atoms with E-state index >= 15 is 0 Å². The van der Waals surface area contributed by atoms with E-state index in [9.17, 15) is 8.60 Å². The first-order chi connectivity index (χ1) is 17.0. The van der Waals surface area contributed by atoms with E-state index in [2.05, 4.69) is 24.9 Å². The van der Waals surface area contributed by atoms with Crippen molar-refractivity contribution in [2.24, 2.45) is 0 Å². The first-order valence-electron chi connectivity index (χ1n) is 11.6. The molecule has 188 valence electrons. The third-order valence-corrected chi connectivity index (χ3v) is 7.70. The summed E-state index contributed by atoms with van der Waals surface area (Å²) in [5.41, 5.74) is 4.56. The molecule has 0 aliphatic carbocycles. The van der Waals surface area contributed by atoms with Crippen LogP contribution < -0.4 is 4.90 Å². The highest BCUT2D eigenvalue weighted by molar-refractivity contribution is 7.83. The first kappa shape index (κ1) is 25.6. The Morgan fingerprint density at radius 1 is 0.917 bits per heavy atom. The molecule has 2 N–H and O–H groups in total. The van der Waals surface area contributed by atoms with Crippen LogP contribution in [0.3, 0.4) is 0 Å². The van der Waals surface area contributed by atoms with Crippen LogP contribution in [0.5, 0.6) is 0 Å². The highest BCUT2D eigenvalue weighted by Crippen LogP contribution is 2.28. The summed E-state index contributed by atoms with van der Waals surface area (Å²) in [5.74, 6) is 0.548. The maximum Gasteiger partial charge on any atom is 0.173 e. The lowest BCUT2D eigenvalue weighted by atomic mass is 10.1. The molecule has 0 bridgehead atoms. The Labute approximate surface area is 212 Å². The molecule has 2 aromatic carbocycles. The number of halogens is 1. The number of nitrogens with zero attached hydrogens (tertiary/aromatic N) is 6. The fourth-order valence-electron chi connectivity index (χ4n) is 4.39. The van der Waals surface area contributed by atoms with Crippen LogP contribution in [0, 0.1) is 19.7 Å². The van der Waals surface area contributed by atoms with E-state index in [0.717, 1.165) is 71.6 Å². The van der Waals surface area contributed by atoms with Crippen molar-refractivity contribution in [1.29, 1.82) is 0 Å². The van der Waals surface area contributed by atoms with E-state index < -0.39 is 11.0 Å². The number of benzene rings is 2. The second-order valence-electron chi connectivity index (χ2n) is 8.58. The summed E-state index contributed by atoms with van der Waals surface area (Å²) in [6.07, 6.45) is 3.36. The molecule has 8 nitrogen and oxygen atoms in total. The first-order valence-corrected chi connectivity index (χ1v) is 12.7. The molecule has 0 amide bonds. The van der Waals surface area contributed by atoms with Crippen LogP contribution in [0.1, 0.15) is 17.0 Å². The van der Waals surface area contributed by atoms with Crippen molar-refractivity contribution >= 4 is 16.8 Å². The molecule has 0 spiro atoms. The fraction of sp³-hybridized carbons (Fsp3) is 0.269. The fourth-order valence-corrected chi connectivity index (χ4v) is 5.54. The number of aromatic nitrogens is 4. The second kappa shape index (κ2) is 11.1. The van der Waals surface area contributed by atoms with Crippen molar-refractivity contribution in [3.05, 3.63) is 89.8 Å². The van der Waals surface area contributed by atoms with Crippen LogP contribution in [0.2, 0.25) is 0 Å². The van der Waals surface area contributed by atoms with Gasteiger partial charge in [-0.15, -0.1) is 0 Å². The minimum Gasteiger partial charge on any atom is -0.412 e. The quantitative estimate of drug-likeness (QED) is 0.397. The third-order valence-electron chi connectivity index (χ3n) is 6.35. The van der Waals surface area contributed by atoms with E-state index in [0.29, 0.717) is 0 Å². The molecule has 10 heteroatoms. The molecule has 1 atom stereocenters. The van der Waals surface area contributed by atoms with Gasteiger partial charge in [0.05, 0.1) is 16.3 Å². The average molecular weight is 509 g/mol. The molecule has 1 aliphatic rings. The van der Waals surface area contributed by atoms with E-state index in [1.165, 1.54) is 12.1 Å². The molecule has 1 aliphatic heterocycles. The zero-order valence-electron chi connectivity index (χ0n) is 20.3. The molecule has 36 heavy (non-hydrogen) atoms. The molecule has 5 rings (SSSR count). The number of piperazine rings is 1. The van der Waals surface area contributed by atoms with E-state index in [1.807, 2.05) is 44.2 Å². The second-order valence-corrected chi connectivity index (χ2v) is 9.90. The Morgan fingerprint density at radius 3 is 2.28 bits per heavy atom. The summed E-state index contributed by atoms with van der Waals surface area (Å²) in [6, 6.07) is 15.8. The zero-order chi connectivity index (χ0) is 24.4. The highest BCUT2D eigenvalue weighted by Gasteiger charge is 2.24. The van der Waals surface area contributed by atoms with Crippen molar-refractivity contribution in [1.82, 2.24) is 24.1 Å². The smallest absolute Gasteiger partial charge is 0.173 e. The Morgan fingerprint density at radius 2 is 1.58 bits per heavy atom. The van der Waals surface area contributed by atoms with Gasteiger partial charge in [-0.25, -0.2) is 13.6 Å². The molecule has 1 saturated heterocycles. The van der Waals surface area contributed by atoms with Gasteiger partial charge < -0.3 is 10.4 Å². The molecule has 4 aromatic rings. The van der Waals surface area contributed by atoms with Gasteiger partial charge in [0.1, 0.15) is 11.5 Å². The topological polar surface area (TPSA) is 98.7 Å². The van der Waals surface area contributed by atoms with E-state index in [1.54, 1.807) is 28.6 Å². The Hall–Kier alpha value is -3.47. The molecule has 1 fully saturated rings. The van der Waals surface area contributed by atoms with Crippen molar-refractivity contribution in [2.45, 2.75) is 25.3 Å². The molecular formula is C26H29FN6O2S. The van der Waals surface area contributed by atoms with Gasteiger partial charge in [0, 0.05) is 56.2 Å². The van der Waals surface area contributed by atoms with Crippen LogP contribution in [-0.2, 0) is 17.5 Å². The standard InChI is InChI=1S/C26H27FN6OS.H2O/c1-19-24(20(2)33(30-19)35(34)23-6-4-3-5-7-23)18-31-14-16-32(17-15-31)26-25(28-12-13-29-26)21-8-10-22(27)11-9-21;/h3-13H,14-18H2,1-2H3;1H2. The molecule has 0 saturated carbocycles. The van der Waals surface area contributed by atoms with Gasteiger partial charge in [0.15, 0.2) is 16.8 Å². The van der Waals surface area contributed by atoms with Crippen LogP contribution in [0.4, 0.5) is 10.2 Å². The van der Waals surface area contributed by atoms with Gasteiger partial charge in [-0.05, 0) is 50.2 Å². The summed E-state index contributed by atoms with van der Waals surface area (Å²) in [7, 11) is -1.37. The summed E-state index contributed by atoms with van der Waals surface area (Å²) in [4.78, 5) is 14.5. The molecular weight excluding hydrogens is 479 g/mol. The largest absolute Gasteiger partial charge is 0.412 e. The SMILES string of the molecule is Cc1nn(S(=O)c2ccccc2)c(C)c1CN1CCN(c2nccnc2-c2ccc(F)cc2)CC1.O. The molecule has 1 unspecified atom stereocenters. The van der Waals surface area contributed by atoms with Crippen LogP contribution in [-0.4, -0.2) is 59.9 Å². The van der Waals surface area contributed by atoms with Gasteiger partial charge >= 0.3 is 0 Å². The highest BCUT2D eigenvalue weighted by atomic mass is 32.2. The molecule has 0 radical (unpaired) electrons. The lowest BCUT2D eigenvalue weighted by Crippen LogP contribution is -2.46. The van der Waals surface area contributed by atoms with Crippen molar-refractivity contribution < 1.29 is 14.1 Å². The third kappa shape index (κ3) is 5.20. The van der Waals surface area contributed by atoms with Gasteiger partial charge in [0.2, 0.25) is 0 Å². The minimum absolute atomic E-state index is 0. The summed E-state index contributed by atoms with van der Waals surface area (Å²) < 4.78 is 28.1. The normalized spacial score (nSPS) is 14.9. The van der Waals surface area contributed by atoms with Crippen molar-refractivity contribution in [3.8, 4) is 11.3 Å². The zero-order valence-corrected chi connectivity index (χ0v) is 21.1. The van der Waals surface area contributed by atoms with Crippen LogP contribution >= 0.6 is 0 Å². The predicted molar refractivity (Wildman–Crippen MR) is 138 cm³/mol. The summed E-state index contributed by atoms with van der Waals surface area (Å²) in [6.45, 7) is 8.02. The maximum atomic E-state index is 13.4. The number of anilines is 1. The lowest BCUT2D eigenvalue weighted by molar-refractivity contribution is 0.248. The lowest BCUT2D eigenvalue weighted by Gasteiger charge is -2.36. The Kier molecular flexibility index (Phi) is 7.88. The summed E-state index contributed by atoms with van der Waals surface area (Å²) >= 11 is 0. The number of hydrogen-bond acceptors (Lipinski definition) is 6. The van der Waals surface area contributed by atoms with Gasteiger partial charge in [-0.3, -0.25) is 9.88 Å². The summed E-state index contributed by atoms with van der Waals surface area (Å²) in [5, 5.41) is 4.60. The van der Waals surface area contributed by atoms with Gasteiger partial charge in [-0.1, -0.05) is 18.2 Å². The van der Waals surface area contributed by atoms with E-state index in [4.69, 9.17) is 0 Å². The Bertz CT molecular complexity index is 1340. The average Bonchev–Trinajstić information content (AvgIpc) is 3.18. The van der Waals surface area contributed by atoms with Crippen LogP contribution in [0.15, 0.2) is 71.9 Å². The number of aryl methyl sites for hydroxylation is 1. The number of rotatable bonds is 6. The minimum atomic E-state index is -1.37. The van der Waals surface area contributed by atoms with Crippen LogP contribution in [0.25, 0.3) is 11.3 Å². The van der Waals surface area contributed by atoms with E-state index in [-0.39, 0.29) is 11.3 Å². The van der Waals surface area contributed by atoms with Gasteiger partial charge in [0.25, 0.3) is 0 Å². The molecule has 2 aromatic heterocycles. The Balaban J connectivity index is 0.00000304.